The number of nitrogens with one attached hydrogen (secondary N) is 1. The molecule has 0 atom stereocenters. The number of rotatable bonds is 7. The summed E-state index contributed by atoms with van der Waals surface area (Å²) in [6, 6.07) is 9.84. The van der Waals surface area contributed by atoms with Crippen molar-refractivity contribution in [2.45, 2.75) is 4.90 Å². The van der Waals surface area contributed by atoms with Gasteiger partial charge in [-0.2, -0.15) is 4.31 Å². The van der Waals surface area contributed by atoms with Gasteiger partial charge in [0.1, 0.15) is 12.4 Å². The van der Waals surface area contributed by atoms with E-state index in [0.717, 1.165) is 17.0 Å². The van der Waals surface area contributed by atoms with Crippen molar-refractivity contribution in [3.63, 3.8) is 0 Å². The fraction of sp³-hybridized carbons (Fsp3) is 0.350. The average Bonchev–Trinajstić information content (AvgIpc) is 2.73. The number of Topliss-reactive ketones (excluding diaryl/α,β-unsaturated/α-hetero) is 1. The van der Waals surface area contributed by atoms with Crippen LogP contribution in [0.25, 0.3) is 0 Å². The number of hydrogen-bond donors (Lipinski definition) is 1. The van der Waals surface area contributed by atoms with Crippen molar-refractivity contribution in [1.82, 2.24) is 4.31 Å². The van der Waals surface area contributed by atoms with Gasteiger partial charge in [0, 0.05) is 5.56 Å². The Balaban J connectivity index is 1.61. The molecule has 0 radical (unpaired) electrons. The van der Waals surface area contributed by atoms with Gasteiger partial charge < -0.3 is 14.4 Å². The number of carbonyl (C=O) groups is 1. The molecule has 29 heavy (non-hydrogen) atoms. The third-order valence-corrected chi connectivity index (χ3v) is 6.91. The molecule has 1 saturated heterocycles. The molecule has 7 nitrogen and oxygen atoms in total. The maximum absolute atomic E-state index is 13.1. The lowest BCUT2D eigenvalue weighted by Crippen LogP contribution is -3.15. The first-order valence-electron chi connectivity index (χ1n) is 9.19. The van der Waals surface area contributed by atoms with Crippen molar-refractivity contribution in [2.24, 2.45) is 0 Å². The molecule has 0 unspecified atom stereocenters. The molecule has 2 aromatic rings. The smallest absolute Gasteiger partial charge is 0.243 e. The van der Waals surface area contributed by atoms with Gasteiger partial charge in [0.2, 0.25) is 15.8 Å². The van der Waals surface area contributed by atoms with E-state index in [1.54, 1.807) is 18.2 Å². The number of ketones is 1. The first-order valence-corrected chi connectivity index (χ1v) is 10.6. The summed E-state index contributed by atoms with van der Waals surface area (Å²) >= 11 is 0. The summed E-state index contributed by atoms with van der Waals surface area (Å²) in [7, 11) is -0.619. The Bertz CT molecular complexity index is 971. The number of ether oxygens (including phenoxy) is 2. The normalized spacial score (nSPS) is 15.8. The van der Waals surface area contributed by atoms with Gasteiger partial charge in [0.25, 0.3) is 0 Å². The molecule has 1 N–H and O–H groups in total. The summed E-state index contributed by atoms with van der Waals surface area (Å²) in [5, 5.41) is 0. The Morgan fingerprint density at radius 1 is 1.03 bits per heavy atom. The Morgan fingerprint density at radius 2 is 1.66 bits per heavy atom. The van der Waals surface area contributed by atoms with Gasteiger partial charge in [-0.15, -0.1) is 0 Å². The molecule has 3 rings (SSSR count). The van der Waals surface area contributed by atoms with Crippen LogP contribution in [0.2, 0.25) is 0 Å². The average molecular weight is 423 g/mol. The molecule has 1 aliphatic heterocycles. The number of halogens is 1. The van der Waals surface area contributed by atoms with Gasteiger partial charge in [-0.1, -0.05) is 0 Å². The van der Waals surface area contributed by atoms with Crippen molar-refractivity contribution >= 4 is 15.8 Å². The van der Waals surface area contributed by atoms with Crippen molar-refractivity contribution in [3.8, 4) is 11.5 Å². The third-order valence-electron chi connectivity index (χ3n) is 5.00. The molecular formula is C20H24FN2O5S+. The summed E-state index contributed by atoms with van der Waals surface area (Å²) in [4.78, 5) is 13.7. The van der Waals surface area contributed by atoms with Crippen LogP contribution in [0.15, 0.2) is 47.4 Å². The maximum atomic E-state index is 13.1. The van der Waals surface area contributed by atoms with Crippen LogP contribution in [0.3, 0.4) is 0 Å². The molecule has 156 valence electrons. The number of quaternary nitrogens is 1. The predicted molar refractivity (Wildman–Crippen MR) is 105 cm³/mol. The zero-order valence-corrected chi connectivity index (χ0v) is 17.2. The maximum Gasteiger partial charge on any atom is 0.243 e. The highest BCUT2D eigenvalue weighted by atomic mass is 32.2. The van der Waals surface area contributed by atoms with Crippen molar-refractivity contribution in [3.05, 3.63) is 53.8 Å². The molecule has 1 fully saturated rings. The van der Waals surface area contributed by atoms with E-state index in [0.29, 0.717) is 43.2 Å². The fourth-order valence-corrected chi connectivity index (χ4v) is 4.76. The Kier molecular flexibility index (Phi) is 6.51. The van der Waals surface area contributed by atoms with Crippen LogP contribution in [-0.2, 0) is 10.0 Å². The van der Waals surface area contributed by atoms with E-state index >= 15 is 0 Å². The SMILES string of the molecule is COc1ccc(C(=O)C[NH+]2CCN(S(=O)(=O)c3ccc(F)cc3)CC2)cc1OC. The highest BCUT2D eigenvalue weighted by molar-refractivity contribution is 7.89. The topological polar surface area (TPSA) is 77.4 Å². The number of methoxy groups -OCH3 is 2. The van der Waals surface area contributed by atoms with Crippen LogP contribution in [0.4, 0.5) is 4.39 Å². The van der Waals surface area contributed by atoms with Gasteiger partial charge in [-0.3, -0.25) is 4.79 Å². The van der Waals surface area contributed by atoms with Crippen molar-refractivity contribution in [1.29, 1.82) is 0 Å². The zero-order valence-electron chi connectivity index (χ0n) is 16.4. The lowest BCUT2D eigenvalue weighted by atomic mass is 10.1. The van der Waals surface area contributed by atoms with Crippen LogP contribution in [0.1, 0.15) is 10.4 Å². The molecule has 1 heterocycles. The van der Waals surface area contributed by atoms with Crippen molar-refractivity contribution < 1.29 is 32.0 Å². The van der Waals surface area contributed by atoms with E-state index in [2.05, 4.69) is 0 Å². The van der Waals surface area contributed by atoms with Gasteiger partial charge in [-0.25, -0.2) is 12.8 Å². The van der Waals surface area contributed by atoms with Gasteiger partial charge in [0.15, 0.2) is 11.5 Å². The summed E-state index contributed by atoms with van der Waals surface area (Å²) in [6.45, 7) is 1.89. The molecule has 0 bridgehead atoms. The molecule has 1 aliphatic rings. The number of benzene rings is 2. The lowest BCUT2D eigenvalue weighted by molar-refractivity contribution is -0.895. The number of nitrogens with zero attached hydrogens (tertiary/aromatic N) is 1. The molecule has 0 saturated carbocycles. The third kappa shape index (κ3) is 4.75. The zero-order chi connectivity index (χ0) is 21.0. The van der Waals surface area contributed by atoms with E-state index in [1.165, 1.54) is 30.7 Å². The van der Waals surface area contributed by atoms with Crippen LogP contribution < -0.4 is 14.4 Å². The van der Waals surface area contributed by atoms with E-state index < -0.39 is 15.8 Å². The molecule has 0 aliphatic carbocycles. The second-order valence-electron chi connectivity index (χ2n) is 6.78. The van der Waals surface area contributed by atoms with Gasteiger partial charge in [0.05, 0.1) is 45.3 Å². The van der Waals surface area contributed by atoms with Gasteiger partial charge in [-0.05, 0) is 42.5 Å². The predicted octanol–water partition coefficient (Wildman–Crippen LogP) is 0.615. The highest BCUT2D eigenvalue weighted by Crippen LogP contribution is 2.27. The highest BCUT2D eigenvalue weighted by Gasteiger charge is 2.31. The second-order valence-corrected chi connectivity index (χ2v) is 8.72. The van der Waals surface area contributed by atoms with Crippen LogP contribution in [-0.4, -0.2) is 65.4 Å². The summed E-state index contributed by atoms with van der Waals surface area (Å²) < 4.78 is 50.2. The fourth-order valence-electron chi connectivity index (χ4n) is 3.31. The van der Waals surface area contributed by atoms with E-state index in [-0.39, 0.29) is 17.2 Å². The van der Waals surface area contributed by atoms with E-state index in [4.69, 9.17) is 9.47 Å². The van der Waals surface area contributed by atoms with Crippen LogP contribution in [0.5, 0.6) is 11.5 Å². The molecule has 0 aromatic heterocycles. The Morgan fingerprint density at radius 3 is 2.24 bits per heavy atom. The van der Waals surface area contributed by atoms with E-state index in [1.807, 2.05) is 0 Å². The van der Waals surface area contributed by atoms with E-state index in [9.17, 15) is 17.6 Å². The van der Waals surface area contributed by atoms with Crippen molar-refractivity contribution in [2.75, 3.05) is 46.9 Å². The first-order chi connectivity index (χ1) is 13.8. The number of carbonyl (C=O) groups excluding carboxylic acids is 1. The summed E-state index contributed by atoms with van der Waals surface area (Å²) in [5.74, 6) is 0.516. The molecule has 0 spiro atoms. The lowest BCUT2D eigenvalue weighted by Gasteiger charge is -2.31. The first kappa shape index (κ1) is 21.2. The minimum atomic E-state index is -3.66. The number of sulfonamides is 1. The summed E-state index contributed by atoms with van der Waals surface area (Å²) in [6.07, 6.45) is 0. The standard InChI is InChI=1S/C20H23FN2O5S/c1-27-19-8-3-15(13-20(19)28-2)18(24)14-22-9-11-23(12-10-22)29(25,26)17-6-4-16(21)5-7-17/h3-8,13H,9-12,14H2,1-2H3/p+1. The molecule has 9 heteroatoms. The number of piperazine rings is 1. The molecular weight excluding hydrogens is 399 g/mol. The Labute approximate surface area is 169 Å². The minimum Gasteiger partial charge on any atom is -0.493 e. The molecule has 0 amide bonds. The second kappa shape index (κ2) is 8.89. The monoisotopic (exact) mass is 423 g/mol. The summed E-state index contributed by atoms with van der Waals surface area (Å²) in [5.41, 5.74) is 0.525. The largest absolute Gasteiger partial charge is 0.493 e. The number of hydrogen-bond acceptors (Lipinski definition) is 5. The minimum absolute atomic E-state index is 0.0456. The molecule has 2 aromatic carbocycles. The van der Waals surface area contributed by atoms with Crippen LogP contribution in [0, 0.1) is 5.82 Å². The Hall–Kier alpha value is -2.49. The quantitative estimate of drug-likeness (QED) is 0.661. The van der Waals surface area contributed by atoms with Gasteiger partial charge >= 0.3 is 0 Å². The van der Waals surface area contributed by atoms with Crippen LogP contribution >= 0.6 is 0 Å².